The summed E-state index contributed by atoms with van der Waals surface area (Å²) in [6, 6.07) is 4.12. The number of quaternary nitrogens is 1. The summed E-state index contributed by atoms with van der Waals surface area (Å²) in [5.41, 5.74) is 0.0748. The monoisotopic (exact) mass is 294 g/mol. The van der Waals surface area contributed by atoms with Gasteiger partial charge in [0.25, 0.3) is 0 Å². The molecule has 3 heteroatoms. The SMILES string of the molecule is CC(C)[C@@H](CC[NH2+]C[C@H]1CCOC(C)(C)C1)c1ccco1. The molecule has 1 aliphatic heterocycles. The number of ether oxygens (including phenoxy) is 1. The minimum absolute atomic E-state index is 0.0748. The number of hydrogen-bond donors (Lipinski definition) is 1. The molecule has 1 aliphatic rings. The third-order valence-electron chi connectivity index (χ3n) is 4.69. The van der Waals surface area contributed by atoms with Crippen LogP contribution in [-0.2, 0) is 4.74 Å². The zero-order valence-corrected chi connectivity index (χ0v) is 14.1. The van der Waals surface area contributed by atoms with Crippen LogP contribution >= 0.6 is 0 Å². The van der Waals surface area contributed by atoms with E-state index in [9.17, 15) is 0 Å². The molecule has 2 rings (SSSR count). The van der Waals surface area contributed by atoms with Crippen molar-refractivity contribution in [2.24, 2.45) is 11.8 Å². The van der Waals surface area contributed by atoms with Crippen LogP contribution < -0.4 is 5.32 Å². The lowest BCUT2D eigenvalue weighted by molar-refractivity contribution is -0.662. The predicted octanol–water partition coefficient (Wildman–Crippen LogP) is 3.18. The van der Waals surface area contributed by atoms with E-state index in [2.05, 4.69) is 39.1 Å². The first-order valence-corrected chi connectivity index (χ1v) is 8.47. The Morgan fingerprint density at radius 2 is 2.19 bits per heavy atom. The largest absolute Gasteiger partial charge is 0.469 e. The zero-order valence-electron chi connectivity index (χ0n) is 14.1. The van der Waals surface area contributed by atoms with Crippen molar-refractivity contribution in [3.63, 3.8) is 0 Å². The summed E-state index contributed by atoms with van der Waals surface area (Å²) in [4.78, 5) is 0. The molecule has 0 saturated carbocycles. The highest BCUT2D eigenvalue weighted by molar-refractivity contribution is 5.06. The van der Waals surface area contributed by atoms with E-state index >= 15 is 0 Å². The van der Waals surface area contributed by atoms with Gasteiger partial charge in [0.2, 0.25) is 0 Å². The topological polar surface area (TPSA) is 39.0 Å². The Bertz CT molecular complexity index is 397. The Kier molecular flexibility index (Phi) is 5.88. The number of rotatable bonds is 7. The average molecular weight is 294 g/mol. The van der Waals surface area contributed by atoms with E-state index in [1.807, 2.05) is 6.07 Å². The molecule has 1 aromatic rings. The standard InChI is InChI=1S/C18H31NO2/c1-14(2)16(17-6-5-10-20-17)7-9-19-13-15-8-11-21-18(3,4)12-15/h5-6,10,14-16,19H,7-9,11-13H2,1-4H3/p+1/t15-,16+/m0/s1. The molecule has 2 N–H and O–H groups in total. The Morgan fingerprint density at radius 3 is 2.81 bits per heavy atom. The average Bonchev–Trinajstić information content (AvgIpc) is 2.90. The fourth-order valence-corrected chi connectivity index (χ4v) is 3.52. The van der Waals surface area contributed by atoms with Crippen molar-refractivity contribution in [1.29, 1.82) is 0 Å². The van der Waals surface area contributed by atoms with Gasteiger partial charge in [-0.2, -0.15) is 0 Å². The first kappa shape index (κ1) is 16.6. The summed E-state index contributed by atoms with van der Waals surface area (Å²) in [6.07, 6.45) is 5.39. The van der Waals surface area contributed by atoms with Gasteiger partial charge in [0, 0.05) is 24.9 Å². The predicted molar refractivity (Wildman–Crippen MR) is 85.3 cm³/mol. The van der Waals surface area contributed by atoms with Crippen LogP contribution in [0.4, 0.5) is 0 Å². The van der Waals surface area contributed by atoms with Crippen molar-refractivity contribution < 1.29 is 14.5 Å². The molecule has 3 nitrogen and oxygen atoms in total. The molecule has 0 radical (unpaired) electrons. The molecule has 0 spiro atoms. The van der Waals surface area contributed by atoms with E-state index in [1.165, 1.54) is 32.4 Å². The lowest BCUT2D eigenvalue weighted by Crippen LogP contribution is -2.86. The maximum atomic E-state index is 5.79. The first-order valence-electron chi connectivity index (χ1n) is 8.47. The second-order valence-electron chi connectivity index (χ2n) is 7.43. The Labute approximate surface area is 129 Å². The Hall–Kier alpha value is -0.800. The molecule has 2 atom stereocenters. The lowest BCUT2D eigenvalue weighted by atomic mass is 9.88. The molecule has 1 saturated heterocycles. The van der Waals surface area contributed by atoms with E-state index in [1.54, 1.807) is 6.26 Å². The maximum absolute atomic E-state index is 5.79. The van der Waals surface area contributed by atoms with Gasteiger partial charge in [0.05, 0.1) is 25.0 Å². The van der Waals surface area contributed by atoms with Gasteiger partial charge in [-0.05, 0) is 44.7 Å². The van der Waals surface area contributed by atoms with Crippen molar-refractivity contribution in [3.8, 4) is 0 Å². The molecule has 1 aromatic heterocycles. The molecule has 0 aliphatic carbocycles. The van der Waals surface area contributed by atoms with Crippen LogP contribution in [0, 0.1) is 11.8 Å². The molecule has 0 amide bonds. The van der Waals surface area contributed by atoms with E-state index in [4.69, 9.17) is 9.15 Å². The van der Waals surface area contributed by atoms with Crippen LogP contribution in [0.5, 0.6) is 0 Å². The lowest BCUT2D eigenvalue weighted by Gasteiger charge is -2.34. The highest BCUT2D eigenvalue weighted by atomic mass is 16.5. The van der Waals surface area contributed by atoms with E-state index in [0.29, 0.717) is 11.8 Å². The third-order valence-corrected chi connectivity index (χ3v) is 4.69. The molecule has 1 fully saturated rings. The highest BCUT2D eigenvalue weighted by Gasteiger charge is 2.29. The van der Waals surface area contributed by atoms with Crippen LogP contribution in [0.2, 0.25) is 0 Å². The molecule has 0 unspecified atom stereocenters. The Morgan fingerprint density at radius 1 is 1.38 bits per heavy atom. The summed E-state index contributed by atoms with van der Waals surface area (Å²) in [7, 11) is 0. The van der Waals surface area contributed by atoms with Gasteiger partial charge in [0.1, 0.15) is 5.76 Å². The Balaban J connectivity index is 1.71. The van der Waals surface area contributed by atoms with Gasteiger partial charge in [-0.3, -0.25) is 0 Å². The quantitative estimate of drug-likeness (QED) is 0.785. The van der Waals surface area contributed by atoms with E-state index in [0.717, 1.165) is 18.3 Å². The van der Waals surface area contributed by atoms with Crippen LogP contribution in [0.1, 0.15) is 58.6 Å². The minimum atomic E-state index is 0.0748. The van der Waals surface area contributed by atoms with E-state index in [-0.39, 0.29) is 5.60 Å². The summed E-state index contributed by atoms with van der Waals surface area (Å²) < 4.78 is 11.4. The molecular formula is C18H32NO2+. The maximum Gasteiger partial charge on any atom is 0.107 e. The molecular weight excluding hydrogens is 262 g/mol. The second kappa shape index (κ2) is 7.46. The summed E-state index contributed by atoms with van der Waals surface area (Å²) in [5, 5.41) is 2.49. The molecule has 120 valence electrons. The van der Waals surface area contributed by atoms with Crippen LogP contribution in [0.25, 0.3) is 0 Å². The van der Waals surface area contributed by atoms with Gasteiger partial charge in [0.15, 0.2) is 0 Å². The van der Waals surface area contributed by atoms with Crippen molar-refractivity contribution in [1.82, 2.24) is 0 Å². The number of furan rings is 1. The van der Waals surface area contributed by atoms with Crippen molar-refractivity contribution in [2.75, 3.05) is 19.7 Å². The fraction of sp³-hybridized carbons (Fsp3) is 0.778. The van der Waals surface area contributed by atoms with Gasteiger partial charge in [-0.1, -0.05) is 13.8 Å². The van der Waals surface area contributed by atoms with Crippen molar-refractivity contribution in [2.45, 2.75) is 58.5 Å². The van der Waals surface area contributed by atoms with Gasteiger partial charge >= 0.3 is 0 Å². The summed E-state index contributed by atoms with van der Waals surface area (Å²) >= 11 is 0. The molecule has 0 aromatic carbocycles. The number of nitrogens with two attached hydrogens (primary N) is 1. The molecule has 21 heavy (non-hydrogen) atoms. The van der Waals surface area contributed by atoms with Crippen LogP contribution in [0.3, 0.4) is 0 Å². The van der Waals surface area contributed by atoms with Crippen molar-refractivity contribution in [3.05, 3.63) is 24.2 Å². The second-order valence-corrected chi connectivity index (χ2v) is 7.43. The van der Waals surface area contributed by atoms with E-state index < -0.39 is 0 Å². The van der Waals surface area contributed by atoms with Gasteiger partial charge < -0.3 is 14.5 Å². The smallest absolute Gasteiger partial charge is 0.107 e. The molecule has 0 bridgehead atoms. The van der Waals surface area contributed by atoms with Crippen LogP contribution in [-0.4, -0.2) is 25.3 Å². The summed E-state index contributed by atoms with van der Waals surface area (Å²) in [5.74, 6) is 3.12. The van der Waals surface area contributed by atoms with Gasteiger partial charge in [-0.15, -0.1) is 0 Å². The normalized spacial score (nSPS) is 23.4. The summed E-state index contributed by atoms with van der Waals surface area (Å²) in [6.45, 7) is 12.3. The fourth-order valence-electron chi connectivity index (χ4n) is 3.52. The molecule has 2 heterocycles. The first-order chi connectivity index (χ1) is 9.98. The third kappa shape index (κ3) is 5.15. The number of hydrogen-bond acceptors (Lipinski definition) is 2. The minimum Gasteiger partial charge on any atom is -0.469 e. The zero-order chi connectivity index (χ0) is 15.3. The highest BCUT2D eigenvalue weighted by Crippen LogP contribution is 2.28. The van der Waals surface area contributed by atoms with Gasteiger partial charge in [-0.25, -0.2) is 0 Å². The van der Waals surface area contributed by atoms with Crippen LogP contribution in [0.15, 0.2) is 22.8 Å². The van der Waals surface area contributed by atoms with Crippen molar-refractivity contribution >= 4 is 0 Å².